The number of fused-ring (bicyclic) bond motifs is 1. The quantitative estimate of drug-likeness (QED) is 0.900. The molecule has 1 saturated heterocycles. The van der Waals surface area contributed by atoms with E-state index in [1.807, 2.05) is 0 Å². The van der Waals surface area contributed by atoms with Crippen LogP contribution in [0.5, 0.6) is 0 Å². The largest absolute Gasteiger partial charge is 0.280 e. The summed E-state index contributed by atoms with van der Waals surface area (Å²) >= 11 is 0. The summed E-state index contributed by atoms with van der Waals surface area (Å²) in [6, 6.07) is 8.43. The van der Waals surface area contributed by atoms with E-state index < -0.39 is 22.4 Å². The van der Waals surface area contributed by atoms with Crippen LogP contribution in [-0.2, 0) is 23.1 Å². The van der Waals surface area contributed by atoms with Crippen molar-refractivity contribution in [2.24, 2.45) is 11.8 Å². The molecule has 6 heteroatoms. The fraction of sp³-hybridized carbons (Fsp3) is 0.625. The molecule has 1 aliphatic heterocycles. The van der Waals surface area contributed by atoms with E-state index in [4.69, 9.17) is 0 Å². The van der Waals surface area contributed by atoms with Gasteiger partial charge in [-0.05, 0) is 48.6 Å². The van der Waals surface area contributed by atoms with Crippen molar-refractivity contribution in [2.75, 3.05) is 19.8 Å². The number of nitrogens with one attached hydrogen (secondary N) is 1. The van der Waals surface area contributed by atoms with Gasteiger partial charge in [-0.3, -0.25) is 0 Å². The van der Waals surface area contributed by atoms with Crippen molar-refractivity contribution in [1.82, 2.24) is 9.03 Å². The van der Waals surface area contributed by atoms with Crippen LogP contribution in [0.2, 0.25) is 0 Å². The van der Waals surface area contributed by atoms with Crippen molar-refractivity contribution >= 4 is 10.2 Å². The maximum Gasteiger partial charge on any atom is 0.280 e. The van der Waals surface area contributed by atoms with E-state index in [1.165, 1.54) is 15.4 Å². The van der Waals surface area contributed by atoms with E-state index in [-0.39, 0.29) is 6.54 Å². The molecule has 3 atom stereocenters. The molecule has 1 heterocycles. The summed E-state index contributed by atoms with van der Waals surface area (Å²) < 4.78 is 41.7. The summed E-state index contributed by atoms with van der Waals surface area (Å²) in [5, 5.41) is 0. The van der Waals surface area contributed by atoms with Crippen LogP contribution >= 0.6 is 0 Å². The molecule has 1 aromatic carbocycles. The molecular weight excluding hydrogens is 303 g/mol. The molecule has 2 fully saturated rings. The molecule has 4 rings (SSSR count). The first-order valence-electron chi connectivity index (χ1n) is 7.97. The highest BCUT2D eigenvalue weighted by Gasteiger charge is 2.59. The fourth-order valence-corrected chi connectivity index (χ4v) is 6.44. The minimum absolute atomic E-state index is 0.0382. The molecule has 4 nitrogen and oxygen atoms in total. The second-order valence-corrected chi connectivity index (χ2v) is 8.49. The summed E-state index contributed by atoms with van der Waals surface area (Å²) in [7, 11) is -3.54. The summed E-state index contributed by atoms with van der Waals surface area (Å²) in [5.41, 5.74) is 2.28. The third-order valence-corrected chi connectivity index (χ3v) is 7.43. The molecular formula is C16H21FN2O2S. The van der Waals surface area contributed by atoms with Crippen LogP contribution in [0.25, 0.3) is 0 Å². The van der Waals surface area contributed by atoms with E-state index in [1.54, 1.807) is 0 Å². The highest BCUT2D eigenvalue weighted by molar-refractivity contribution is 7.87. The van der Waals surface area contributed by atoms with Gasteiger partial charge in [0.25, 0.3) is 10.2 Å². The van der Waals surface area contributed by atoms with Gasteiger partial charge in [0.15, 0.2) is 0 Å². The monoisotopic (exact) mass is 324 g/mol. The molecule has 1 unspecified atom stereocenters. The minimum atomic E-state index is -3.54. The van der Waals surface area contributed by atoms with Crippen molar-refractivity contribution < 1.29 is 12.8 Å². The van der Waals surface area contributed by atoms with Crippen molar-refractivity contribution in [2.45, 2.75) is 31.2 Å². The second kappa shape index (κ2) is 5.01. The zero-order valence-corrected chi connectivity index (χ0v) is 13.3. The first-order chi connectivity index (χ1) is 10.5. The van der Waals surface area contributed by atoms with Crippen molar-refractivity contribution in [3.63, 3.8) is 0 Å². The van der Waals surface area contributed by atoms with E-state index in [0.717, 1.165) is 25.7 Å². The van der Waals surface area contributed by atoms with E-state index in [0.29, 0.717) is 18.4 Å². The normalized spacial score (nSPS) is 36.4. The van der Waals surface area contributed by atoms with Crippen LogP contribution in [-0.4, -0.2) is 38.0 Å². The Morgan fingerprint density at radius 2 is 1.77 bits per heavy atom. The minimum Gasteiger partial charge on any atom is -0.250 e. The summed E-state index contributed by atoms with van der Waals surface area (Å²) in [6.07, 6.45) is 3.92. The highest BCUT2D eigenvalue weighted by atomic mass is 32.2. The van der Waals surface area contributed by atoms with Crippen LogP contribution in [0.4, 0.5) is 4.39 Å². The van der Waals surface area contributed by atoms with Crippen LogP contribution in [0.3, 0.4) is 0 Å². The van der Waals surface area contributed by atoms with Crippen LogP contribution in [0.1, 0.15) is 24.0 Å². The number of alkyl halides is 1. The van der Waals surface area contributed by atoms with Gasteiger partial charge in [0, 0.05) is 13.1 Å². The van der Waals surface area contributed by atoms with Gasteiger partial charge in [0.05, 0.1) is 5.54 Å². The van der Waals surface area contributed by atoms with E-state index in [9.17, 15) is 12.8 Å². The van der Waals surface area contributed by atoms with Crippen molar-refractivity contribution in [3.8, 4) is 0 Å². The fourth-order valence-electron chi connectivity index (χ4n) is 4.74. The zero-order chi connectivity index (χ0) is 15.4. The number of benzene rings is 1. The molecule has 1 aromatic rings. The molecule has 0 aromatic heterocycles. The SMILES string of the molecule is O=S1(=O)NC2(CN1CCF)[C@@H]1CC[C@H]2Cc2ccccc2C1. The van der Waals surface area contributed by atoms with Gasteiger partial charge in [-0.15, -0.1) is 0 Å². The number of hydrogen-bond donors (Lipinski definition) is 1. The zero-order valence-electron chi connectivity index (χ0n) is 12.5. The predicted octanol–water partition coefficient (Wildman–Crippen LogP) is 1.67. The number of nitrogens with zero attached hydrogens (tertiary/aromatic N) is 1. The predicted molar refractivity (Wildman–Crippen MR) is 82.4 cm³/mol. The van der Waals surface area contributed by atoms with Crippen LogP contribution in [0.15, 0.2) is 24.3 Å². The molecule has 1 N–H and O–H groups in total. The molecule has 3 aliphatic rings. The Morgan fingerprint density at radius 3 is 2.32 bits per heavy atom. The second-order valence-electron chi connectivity index (χ2n) is 6.82. The average Bonchev–Trinajstić information content (AvgIpc) is 2.85. The topological polar surface area (TPSA) is 49.4 Å². The molecule has 22 heavy (non-hydrogen) atoms. The van der Waals surface area contributed by atoms with Gasteiger partial charge >= 0.3 is 0 Å². The molecule has 0 amide bonds. The van der Waals surface area contributed by atoms with Crippen molar-refractivity contribution in [3.05, 3.63) is 35.4 Å². The Balaban J connectivity index is 1.73. The molecule has 2 bridgehead atoms. The Labute approximate surface area is 130 Å². The standard InChI is InChI=1S/C16H21FN2O2S/c17-7-8-19-11-16(18-22(19,20)21)14-5-6-15(16)10-13-4-2-1-3-12(13)9-14/h1-4,14-15,18H,5-11H2/t14-,15+,16?. The van der Waals surface area contributed by atoms with E-state index in [2.05, 4.69) is 29.0 Å². The maximum absolute atomic E-state index is 12.7. The lowest BCUT2D eigenvalue weighted by Crippen LogP contribution is -2.52. The lowest BCUT2D eigenvalue weighted by Gasteiger charge is -2.33. The first-order valence-corrected chi connectivity index (χ1v) is 9.41. The highest BCUT2D eigenvalue weighted by Crippen LogP contribution is 2.50. The number of rotatable bonds is 2. The smallest absolute Gasteiger partial charge is 0.250 e. The van der Waals surface area contributed by atoms with Gasteiger partial charge < -0.3 is 0 Å². The summed E-state index contributed by atoms with van der Waals surface area (Å²) in [6.45, 7) is -0.251. The lowest BCUT2D eigenvalue weighted by atomic mass is 9.79. The number of hydrogen-bond acceptors (Lipinski definition) is 2. The molecule has 2 aliphatic carbocycles. The maximum atomic E-state index is 12.7. The van der Waals surface area contributed by atoms with Gasteiger partial charge in [-0.25, -0.2) is 4.39 Å². The Hall–Kier alpha value is -0.980. The van der Waals surface area contributed by atoms with Gasteiger partial charge in [-0.1, -0.05) is 24.3 Å². The molecule has 1 spiro atoms. The molecule has 1 saturated carbocycles. The molecule has 120 valence electrons. The molecule has 0 radical (unpaired) electrons. The Kier molecular flexibility index (Phi) is 3.33. The third kappa shape index (κ3) is 2.04. The van der Waals surface area contributed by atoms with Crippen molar-refractivity contribution in [1.29, 1.82) is 0 Å². The van der Waals surface area contributed by atoms with Crippen LogP contribution in [0, 0.1) is 11.8 Å². The van der Waals surface area contributed by atoms with Gasteiger partial charge in [0.1, 0.15) is 6.67 Å². The Morgan fingerprint density at radius 1 is 1.18 bits per heavy atom. The third-order valence-electron chi connectivity index (χ3n) is 5.80. The summed E-state index contributed by atoms with van der Waals surface area (Å²) in [4.78, 5) is 0. The lowest BCUT2D eigenvalue weighted by molar-refractivity contribution is 0.209. The average molecular weight is 324 g/mol. The van der Waals surface area contributed by atoms with Gasteiger partial charge in [0.2, 0.25) is 0 Å². The van der Waals surface area contributed by atoms with Crippen LogP contribution < -0.4 is 4.72 Å². The first kappa shape index (κ1) is 14.6. The number of halogens is 1. The Bertz CT molecular complexity index is 658. The summed E-state index contributed by atoms with van der Waals surface area (Å²) in [5.74, 6) is 0.612. The van der Waals surface area contributed by atoms with Gasteiger partial charge in [-0.2, -0.15) is 17.4 Å². The van der Waals surface area contributed by atoms with E-state index >= 15 is 0 Å².